The highest BCUT2D eigenvalue weighted by Gasteiger charge is 2.17. The van der Waals surface area contributed by atoms with Crippen LogP contribution in [-0.2, 0) is 0 Å². The first-order valence-corrected chi connectivity index (χ1v) is 7.98. The summed E-state index contributed by atoms with van der Waals surface area (Å²) in [5.74, 6) is 1.16. The fourth-order valence-electron chi connectivity index (χ4n) is 2.45. The summed E-state index contributed by atoms with van der Waals surface area (Å²) >= 11 is 5.89. The number of benzene rings is 1. The Hall–Kier alpha value is -3.06. The molecule has 0 aliphatic heterocycles. The van der Waals surface area contributed by atoms with Gasteiger partial charge >= 0.3 is 0 Å². The number of fused-ring (bicyclic) bond motifs is 1. The predicted molar refractivity (Wildman–Crippen MR) is 98.6 cm³/mol. The van der Waals surface area contributed by atoms with Gasteiger partial charge in [0.25, 0.3) is 5.91 Å². The summed E-state index contributed by atoms with van der Waals surface area (Å²) in [5, 5.41) is 3.88. The Kier molecular flexibility index (Phi) is 5.09. The zero-order valence-electron chi connectivity index (χ0n) is 14.4. The van der Waals surface area contributed by atoms with E-state index >= 15 is 0 Å². The maximum absolute atomic E-state index is 12.6. The Bertz CT molecular complexity index is 953. The lowest BCUT2D eigenvalue weighted by Crippen LogP contribution is -2.13. The van der Waals surface area contributed by atoms with Crippen LogP contribution >= 0.6 is 11.6 Å². The van der Waals surface area contributed by atoms with Gasteiger partial charge in [0, 0.05) is 10.9 Å². The Morgan fingerprint density at radius 2 is 1.62 bits per heavy atom. The number of carbonyl (C=O) groups is 1. The van der Waals surface area contributed by atoms with Crippen LogP contribution in [0, 0.1) is 0 Å². The second-order valence-electron chi connectivity index (χ2n) is 5.25. The first kappa shape index (κ1) is 17.8. The number of carbonyl (C=O) groups excluding carboxylic acids is 1. The second-order valence-corrected chi connectivity index (χ2v) is 5.63. The lowest BCUT2D eigenvalue weighted by atomic mass is 10.1. The number of hydrogen-bond donors (Lipinski definition) is 1. The molecule has 0 radical (unpaired) electrons. The molecule has 0 bridgehead atoms. The van der Waals surface area contributed by atoms with Crippen LogP contribution in [0.15, 0.2) is 36.4 Å². The van der Waals surface area contributed by atoms with E-state index in [-0.39, 0.29) is 5.91 Å². The second kappa shape index (κ2) is 7.45. The number of nitrogens with zero attached hydrogens (tertiary/aromatic N) is 2. The van der Waals surface area contributed by atoms with Crippen molar-refractivity contribution in [3.63, 3.8) is 0 Å². The number of ether oxygens (including phenoxy) is 3. The molecule has 0 aliphatic rings. The van der Waals surface area contributed by atoms with Gasteiger partial charge in [-0.3, -0.25) is 4.79 Å². The average Bonchev–Trinajstić information content (AvgIpc) is 2.66. The Morgan fingerprint density at radius 3 is 2.23 bits per heavy atom. The summed E-state index contributed by atoms with van der Waals surface area (Å²) in [6.07, 6.45) is 0. The number of pyridine rings is 2. The van der Waals surface area contributed by atoms with Gasteiger partial charge in [0.15, 0.2) is 17.1 Å². The molecule has 3 aromatic rings. The van der Waals surface area contributed by atoms with E-state index in [1.54, 1.807) is 30.3 Å². The van der Waals surface area contributed by atoms with Crippen molar-refractivity contribution in [2.45, 2.75) is 0 Å². The van der Waals surface area contributed by atoms with E-state index < -0.39 is 0 Å². The molecular formula is C18H16ClN3O4. The van der Waals surface area contributed by atoms with Gasteiger partial charge in [0.05, 0.1) is 21.3 Å². The molecular weight excluding hydrogens is 358 g/mol. The summed E-state index contributed by atoms with van der Waals surface area (Å²) in [6.45, 7) is 0. The van der Waals surface area contributed by atoms with E-state index in [1.165, 1.54) is 21.3 Å². The lowest BCUT2D eigenvalue weighted by Gasteiger charge is -2.14. The molecule has 0 saturated heterocycles. The predicted octanol–water partition coefficient (Wildman–Crippen LogP) is 3.56. The molecule has 2 heterocycles. The highest BCUT2D eigenvalue weighted by atomic mass is 35.5. The Morgan fingerprint density at radius 1 is 0.962 bits per heavy atom. The quantitative estimate of drug-likeness (QED) is 0.688. The summed E-state index contributed by atoms with van der Waals surface area (Å²) in [5.41, 5.74) is 0.778. The van der Waals surface area contributed by atoms with Gasteiger partial charge in [-0.25, -0.2) is 9.97 Å². The lowest BCUT2D eigenvalue weighted by molar-refractivity contribution is 0.102. The topological polar surface area (TPSA) is 82.6 Å². The van der Waals surface area contributed by atoms with Gasteiger partial charge in [-0.15, -0.1) is 0 Å². The molecule has 134 valence electrons. The van der Waals surface area contributed by atoms with Crippen LogP contribution in [-0.4, -0.2) is 37.2 Å². The third kappa shape index (κ3) is 3.48. The van der Waals surface area contributed by atoms with Crippen LogP contribution in [0.1, 0.15) is 10.4 Å². The van der Waals surface area contributed by atoms with E-state index in [0.29, 0.717) is 39.4 Å². The molecule has 0 spiro atoms. The molecule has 8 heteroatoms. The Labute approximate surface area is 154 Å². The molecule has 0 fully saturated rings. The molecule has 0 unspecified atom stereocenters. The molecule has 0 saturated carbocycles. The highest BCUT2D eigenvalue weighted by Crippen LogP contribution is 2.38. The van der Waals surface area contributed by atoms with E-state index in [0.717, 1.165) is 5.39 Å². The summed E-state index contributed by atoms with van der Waals surface area (Å²) in [4.78, 5) is 21.0. The number of rotatable bonds is 5. The first-order valence-electron chi connectivity index (χ1n) is 7.60. The number of nitrogens with one attached hydrogen (secondary N) is 1. The number of anilines is 1. The number of amides is 1. The van der Waals surface area contributed by atoms with Gasteiger partial charge in [-0.05, 0) is 36.4 Å². The van der Waals surface area contributed by atoms with Crippen LogP contribution in [0.2, 0.25) is 5.15 Å². The van der Waals surface area contributed by atoms with Gasteiger partial charge in [0.2, 0.25) is 5.75 Å². The molecule has 0 atom stereocenters. The van der Waals surface area contributed by atoms with E-state index in [1.807, 2.05) is 6.07 Å². The molecule has 1 amide bonds. The number of methoxy groups -OCH3 is 3. The minimum Gasteiger partial charge on any atom is -0.493 e. The molecule has 7 nitrogen and oxygen atoms in total. The van der Waals surface area contributed by atoms with Crippen molar-refractivity contribution >= 4 is 34.4 Å². The maximum atomic E-state index is 12.6. The molecule has 1 N–H and O–H groups in total. The fourth-order valence-corrected chi connectivity index (χ4v) is 2.59. The van der Waals surface area contributed by atoms with Crippen molar-refractivity contribution in [2.75, 3.05) is 26.6 Å². The molecule has 3 rings (SSSR count). The van der Waals surface area contributed by atoms with Gasteiger partial charge in [-0.2, -0.15) is 0 Å². The van der Waals surface area contributed by atoms with E-state index in [2.05, 4.69) is 15.3 Å². The largest absolute Gasteiger partial charge is 0.493 e. The van der Waals surface area contributed by atoms with Crippen molar-refractivity contribution in [3.8, 4) is 17.2 Å². The zero-order valence-corrected chi connectivity index (χ0v) is 15.1. The van der Waals surface area contributed by atoms with Crippen LogP contribution < -0.4 is 19.5 Å². The third-order valence-electron chi connectivity index (χ3n) is 3.69. The van der Waals surface area contributed by atoms with Gasteiger partial charge in [0.1, 0.15) is 11.0 Å². The molecule has 2 aromatic heterocycles. The van der Waals surface area contributed by atoms with Gasteiger partial charge < -0.3 is 19.5 Å². The summed E-state index contributed by atoms with van der Waals surface area (Å²) < 4.78 is 15.8. The van der Waals surface area contributed by atoms with Crippen molar-refractivity contribution in [3.05, 3.63) is 47.1 Å². The zero-order chi connectivity index (χ0) is 18.7. The van der Waals surface area contributed by atoms with Crippen molar-refractivity contribution in [2.24, 2.45) is 0 Å². The minimum atomic E-state index is -0.377. The summed E-state index contributed by atoms with van der Waals surface area (Å²) in [7, 11) is 4.47. The van der Waals surface area contributed by atoms with E-state index in [9.17, 15) is 4.79 Å². The van der Waals surface area contributed by atoms with Crippen LogP contribution in [0.25, 0.3) is 11.0 Å². The van der Waals surface area contributed by atoms with Gasteiger partial charge in [-0.1, -0.05) is 11.6 Å². The maximum Gasteiger partial charge on any atom is 0.257 e. The van der Waals surface area contributed by atoms with Crippen molar-refractivity contribution < 1.29 is 19.0 Å². The number of halogens is 1. The van der Waals surface area contributed by atoms with Crippen molar-refractivity contribution in [1.82, 2.24) is 9.97 Å². The average molecular weight is 374 g/mol. The highest BCUT2D eigenvalue weighted by molar-refractivity contribution is 6.29. The van der Waals surface area contributed by atoms with Crippen molar-refractivity contribution in [1.29, 1.82) is 0 Å². The minimum absolute atomic E-state index is 0.332. The van der Waals surface area contributed by atoms with Crippen LogP contribution in [0.4, 0.5) is 5.82 Å². The molecule has 0 aliphatic carbocycles. The smallest absolute Gasteiger partial charge is 0.257 e. The summed E-state index contributed by atoms with van der Waals surface area (Å²) in [6, 6.07) is 10.1. The van der Waals surface area contributed by atoms with Crippen LogP contribution in [0.3, 0.4) is 0 Å². The standard InChI is InChI=1S/C18H16ClN3O4/c1-24-12-8-11(9-13(25-2)16(12)26-3)18(23)22-15-7-5-10-4-6-14(19)20-17(10)21-15/h4-9H,1-3H3,(H,20,21,22,23). The number of aromatic nitrogens is 2. The molecule has 1 aromatic carbocycles. The Balaban J connectivity index is 1.92. The van der Waals surface area contributed by atoms with Crippen LogP contribution in [0.5, 0.6) is 17.2 Å². The third-order valence-corrected chi connectivity index (χ3v) is 3.90. The number of hydrogen-bond acceptors (Lipinski definition) is 6. The first-order chi connectivity index (χ1) is 12.5. The molecule has 26 heavy (non-hydrogen) atoms. The fraction of sp³-hybridized carbons (Fsp3) is 0.167. The monoisotopic (exact) mass is 373 g/mol. The normalized spacial score (nSPS) is 10.5. The van der Waals surface area contributed by atoms with E-state index in [4.69, 9.17) is 25.8 Å². The SMILES string of the molecule is COc1cc(C(=O)Nc2ccc3ccc(Cl)nc3n2)cc(OC)c1OC.